The number of rotatable bonds is 10. The van der Waals surface area contributed by atoms with Crippen LogP contribution in [0.25, 0.3) is 0 Å². The van der Waals surface area contributed by atoms with Crippen LogP contribution >= 0.6 is 28.1 Å². The van der Waals surface area contributed by atoms with Gasteiger partial charge in [0.1, 0.15) is 0 Å². The van der Waals surface area contributed by atoms with E-state index in [-0.39, 0.29) is 0 Å². The molecule has 0 atom stereocenters. The van der Waals surface area contributed by atoms with E-state index in [1.165, 1.54) is 0 Å². The Kier molecular flexibility index (Phi) is 10.6. The Labute approximate surface area is 180 Å². The summed E-state index contributed by atoms with van der Waals surface area (Å²) in [6.07, 6.45) is 3.65. The van der Waals surface area contributed by atoms with E-state index in [4.69, 9.17) is 26.4 Å². The largest absolute Gasteiger partial charge is 0.493 e. The highest BCUT2D eigenvalue weighted by Gasteiger charge is 2.11. The topological polar surface area (TPSA) is 67.4 Å². The fraction of sp³-hybridized carbons (Fsp3) is 0.579. The molecule has 1 aromatic rings. The first-order chi connectivity index (χ1) is 13.6. The number of methoxy groups -OCH3 is 1. The number of hydrazone groups is 1. The summed E-state index contributed by atoms with van der Waals surface area (Å²) in [5.74, 6) is 1.36. The van der Waals surface area contributed by atoms with Crippen LogP contribution < -0.4 is 20.2 Å². The molecule has 1 aromatic carbocycles. The second kappa shape index (κ2) is 12.9. The highest BCUT2D eigenvalue weighted by molar-refractivity contribution is 9.10. The summed E-state index contributed by atoms with van der Waals surface area (Å²) in [7, 11) is 1.62. The third kappa shape index (κ3) is 7.90. The van der Waals surface area contributed by atoms with Crippen LogP contribution in [-0.2, 0) is 4.74 Å². The van der Waals surface area contributed by atoms with Crippen LogP contribution in [0.4, 0.5) is 0 Å². The Bertz CT molecular complexity index is 654. The van der Waals surface area contributed by atoms with Crippen LogP contribution in [0.1, 0.15) is 25.3 Å². The number of halogens is 1. The molecule has 0 bridgehead atoms. The average molecular weight is 473 g/mol. The smallest absolute Gasteiger partial charge is 0.186 e. The van der Waals surface area contributed by atoms with E-state index in [0.29, 0.717) is 23.2 Å². The number of hydrogen-bond donors (Lipinski definition) is 2. The van der Waals surface area contributed by atoms with Gasteiger partial charge in [0, 0.05) is 19.6 Å². The van der Waals surface area contributed by atoms with E-state index in [9.17, 15) is 0 Å². The SMILES string of the molecule is CCCOc1c(Br)cc(C=NNC(=S)NCCCN2CCOCC2)cc1OC. The van der Waals surface area contributed by atoms with Gasteiger partial charge in [-0.25, -0.2) is 0 Å². The Morgan fingerprint density at radius 2 is 2.18 bits per heavy atom. The van der Waals surface area contributed by atoms with Crippen molar-refractivity contribution in [3.63, 3.8) is 0 Å². The first-order valence-corrected chi connectivity index (χ1v) is 10.7. The zero-order chi connectivity index (χ0) is 20.2. The van der Waals surface area contributed by atoms with Gasteiger partial charge in [0.05, 0.1) is 37.6 Å². The molecule has 0 spiro atoms. The lowest BCUT2D eigenvalue weighted by Crippen LogP contribution is -2.39. The van der Waals surface area contributed by atoms with Crippen molar-refractivity contribution in [2.75, 3.05) is 53.1 Å². The van der Waals surface area contributed by atoms with E-state index in [2.05, 4.69) is 43.6 Å². The molecule has 1 heterocycles. The normalized spacial score (nSPS) is 14.8. The number of benzene rings is 1. The van der Waals surface area contributed by atoms with Crippen molar-refractivity contribution in [3.8, 4) is 11.5 Å². The molecule has 2 N–H and O–H groups in total. The van der Waals surface area contributed by atoms with Gasteiger partial charge in [0.2, 0.25) is 0 Å². The third-order valence-electron chi connectivity index (χ3n) is 4.12. The van der Waals surface area contributed by atoms with Crippen LogP contribution in [0, 0.1) is 0 Å². The van der Waals surface area contributed by atoms with Gasteiger partial charge in [0.25, 0.3) is 0 Å². The molecule has 1 fully saturated rings. The monoisotopic (exact) mass is 472 g/mol. The molecule has 7 nitrogen and oxygen atoms in total. The first-order valence-electron chi connectivity index (χ1n) is 9.51. The number of nitrogens with one attached hydrogen (secondary N) is 2. The molecule has 0 aromatic heterocycles. The highest BCUT2D eigenvalue weighted by Crippen LogP contribution is 2.36. The van der Waals surface area contributed by atoms with E-state index in [1.807, 2.05) is 12.1 Å². The zero-order valence-electron chi connectivity index (χ0n) is 16.5. The fourth-order valence-corrected chi connectivity index (χ4v) is 3.42. The summed E-state index contributed by atoms with van der Waals surface area (Å²) in [4.78, 5) is 2.40. The maximum Gasteiger partial charge on any atom is 0.186 e. The van der Waals surface area contributed by atoms with E-state index >= 15 is 0 Å². The molecular formula is C19H29BrN4O3S. The lowest BCUT2D eigenvalue weighted by atomic mass is 10.2. The van der Waals surface area contributed by atoms with Gasteiger partial charge in [-0.3, -0.25) is 10.3 Å². The summed E-state index contributed by atoms with van der Waals surface area (Å²) in [6, 6.07) is 3.80. The van der Waals surface area contributed by atoms with Gasteiger partial charge in [-0.05, 0) is 65.2 Å². The summed E-state index contributed by atoms with van der Waals surface area (Å²) in [6.45, 7) is 8.22. The van der Waals surface area contributed by atoms with E-state index < -0.39 is 0 Å². The quantitative estimate of drug-likeness (QED) is 0.235. The van der Waals surface area contributed by atoms with Crippen LogP contribution in [0.2, 0.25) is 0 Å². The van der Waals surface area contributed by atoms with Crippen LogP contribution in [0.5, 0.6) is 11.5 Å². The molecule has 9 heteroatoms. The van der Waals surface area contributed by atoms with Gasteiger partial charge in [-0.15, -0.1) is 0 Å². The average Bonchev–Trinajstić information content (AvgIpc) is 2.71. The highest BCUT2D eigenvalue weighted by atomic mass is 79.9. The van der Waals surface area contributed by atoms with Gasteiger partial charge >= 0.3 is 0 Å². The summed E-state index contributed by atoms with van der Waals surface area (Å²) in [5, 5.41) is 7.87. The van der Waals surface area contributed by atoms with Crippen LogP contribution in [0.15, 0.2) is 21.7 Å². The summed E-state index contributed by atoms with van der Waals surface area (Å²) < 4.78 is 17.3. The maximum absolute atomic E-state index is 5.73. The van der Waals surface area contributed by atoms with Crippen LogP contribution in [-0.4, -0.2) is 69.3 Å². The lowest BCUT2D eigenvalue weighted by molar-refractivity contribution is 0.0376. The number of hydrogen-bond acceptors (Lipinski definition) is 6. The minimum atomic E-state index is 0.507. The number of morpholine rings is 1. The standard InChI is InChI=1S/C19H29BrN4O3S/c1-3-9-27-18-16(20)12-15(13-17(18)25-2)14-22-23-19(28)21-5-4-6-24-7-10-26-11-8-24/h12-14H,3-11H2,1-2H3,(H2,21,23,28). The van der Waals surface area contributed by atoms with Gasteiger partial charge in [-0.1, -0.05) is 6.92 Å². The predicted molar refractivity (Wildman–Crippen MR) is 120 cm³/mol. The van der Waals surface area contributed by atoms with Gasteiger partial charge < -0.3 is 19.5 Å². The number of thiocarbonyl (C=S) groups is 1. The fourth-order valence-electron chi connectivity index (χ4n) is 2.69. The Morgan fingerprint density at radius 3 is 2.89 bits per heavy atom. The van der Waals surface area contributed by atoms with Crippen molar-refractivity contribution in [2.24, 2.45) is 5.10 Å². The van der Waals surface area contributed by atoms with Crippen molar-refractivity contribution in [1.29, 1.82) is 0 Å². The molecule has 1 aliphatic heterocycles. The second-order valence-corrected chi connectivity index (χ2v) is 7.58. The lowest BCUT2D eigenvalue weighted by Gasteiger charge is -2.26. The number of nitrogens with zero attached hydrogens (tertiary/aromatic N) is 2. The predicted octanol–water partition coefficient (Wildman–Crippen LogP) is 2.77. The first kappa shape index (κ1) is 22.9. The molecule has 0 unspecified atom stereocenters. The molecule has 28 heavy (non-hydrogen) atoms. The van der Waals surface area contributed by atoms with E-state index in [1.54, 1.807) is 13.3 Å². The summed E-state index contributed by atoms with van der Waals surface area (Å²) in [5.41, 5.74) is 3.71. The van der Waals surface area contributed by atoms with Crippen molar-refractivity contribution in [1.82, 2.24) is 15.6 Å². The molecule has 1 aliphatic rings. The Hall–Kier alpha value is -1.42. The van der Waals surface area contributed by atoms with Crippen molar-refractivity contribution >= 4 is 39.5 Å². The van der Waals surface area contributed by atoms with Crippen LogP contribution in [0.3, 0.4) is 0 Å². The summed E-state index contributed by atoms with van der Waals surface area (Å²) >= 11 is 8.79. The number of ether oxygens (including phenoxy) is 3. The molecule has 0 aliphatic carbocycles. The second-order valence-electron chi connectivity index (χ2n) is 6.32. The van der Waals surface area contributed by atoms with Gasteiger partial charge in [0.15, 0.2) is 16.6 Å². The Balaban J connectivity index is 1.75. The van der Waals surface area contributed by atoms with Gasteiger partial charge in [-0.2, -0.15) is 5.10 Å². The Morgan fingerprint density at radius 1 is 1.39 bits per heavy atom. The molecule has 1 saturated heterocycles. The molecule has 0 amide bonds. The minimum Gasteiger partial charge on any atom is -0.493 e. The van der Waals surface area contributed by atoms with Crippen molar-refractivity contribution < 1.29 is 14.2 Å². The molecule has 156 valence electrons. The third-order valence-corrected chi connectivity index (χ3v) is 4.95. The zero-order valence-corrected chi connectivity index (χ0v) is 18.9. The van der Waals surface area contributed by atoms with Crippen molar-refractivity contribution in [2.45, 2.75) is 19.8 Å². The molecule has 2 rings (SSSR count). The molecule has 0 radical (unpaired) electrons. The van der Waals surface area contributed by atoms with Crippen molar-refractivity contribution in [3.05, 3.63) is 22.2 Å². The minimum absolute atomic E-state index is 0.507. The molecular weight excluding hydrogens is 444 g/mol. The van der Waals surface area contributed by atoms with E-state index in [0.717, 1.165) is 62.3 Å². The maximum atomic E-state index is 5.73. The molecule has 0 saturated carbocycles.